The number of hydrogen-bond donors (Lipinski definition) is 2. The van der Waals surface area contributed by atoms with E-state index in [0.29, 0.717) is 28.7 Å². The van der Waals surface area contributed by atoms with Crippen LogP contribution in [0.5, 0.6) is 0 Å². The Morgan fingerprint density at radius 2 is 2.03 bits per heavy atom. The van der Waals surface area contributed by atoms with E-state index in [1.165, 1.54) is 5.56 Å². The maximum atomic E-state index is 12.7. The molecule has 3 aliphatic rings. The smallest absolute Gasteiger partial charge is 0.350 e. The molecule has 0 radical (unpaired) electrons. The Kier molecular flexibility index (Phi) is 5.99. The first-order valence-corrected chi connectivity index (χ1v) is 11.7. The van der Waals surface area contributed by atoms with Crippen LogP contribution in [-0.2, 0) is 11.2 Å². The highest BCUT2D eigenvalue weighted by Crippen LogP contribution is 2.34. The highest BCUT2D eigenvalue weighted by molar-refractivity contribution is 8.13. The Hall–Kier alpha value is -2.16. The van der Waals surface area contributed by atoms with Gasteiger partial charge in [0.25, 0.3) is 5.91 Å². The summed E-state index contributed by atoms with van der Waals surface area (Å²) in [5.41, 5.74) is 6.62. The highest BCUT2D eigenvalue weighted by Gasteiger charge is 2.49. The summed E-state index contributed by atoms with van der Waals surface area (Å²) in [6.07, 6.45) is 2.91. The van der Waals surface area contributed by atoms with E-state index in [1.54, 1.807) is 11.8 Å². The lowest BCUT2D eigenvalue weighted by molar-refractivity contribution is -0.873. The molecule has 3 unspecified atom stereocenters. The number of carbonyl (C=O) groups excluding carboxylic acids is 1. The van der Waals surface area contributed by atoms with Crippen molar-refractivity contribution in [3.63, 3.8) is 0 Å². The minimum atomic E-state index is -0.0752. The van der Waals surface area contributed by atoms with Crippen molar-refractivity contribution in [3.8, 4) is 0 Å². The molecule has 1 aromatic rings. The standard InChI is InChI=1S/C22H30N6OS/c1-15(12-27(2)3)13-28-14-18-17(10-16-8-6-5-7-9-16)11-23-20(29)19(18)24-21(28)25-22(26-28)30-4/h5-9,15,17H,10-14H2,1-4H3,(H-,23,24,25,26,29)/p+1. The van der Waals surface area contributed by atoms with E-state index in [0.717, 1.165) is 36.8 Å². The fourth-order valence-corrected chi connectivity index (χ4v) is 5.18. The van der Waals surface area contributed by atoms with Gasteiger partial charge in [-0.3, -0.25) is 4.79 Å². The lowest BCUT2D eigenvalue weighted by Gasteiger charge is -2.40. The number of amidine groups is 1. The number of carbonyl (C=O) groups is 1. The molecule has 8 heteroatoms. The van der Waals surface area contributed by atoms with Gasteiger partial charge in [0, 0.05) is 30.5 Å². The summed E-state index contributed by atoms with van der Waals surface area (Å²) in [5, 5.41) is 3.91. The normalized spacial score (nSPS) is 26.4. The maximum Gasteiger partial charge on any atom is 0.357 e. The summed E-state index contributed by atoms with van der Waals surface area (Å²) in [4.78, 5) is 24.4. The zero-order valence-corrected chi connectivity index (χ0v) is 19.0. The number of amides is 1. The van der Waals surface area contributed by atoms with Gasteiger partial charge in [0.15, 0.2) is 0 Å². The van der Waals surface area contributed by atoms with E-state index in [4.69, 9.17) is 9.98 Å². The van der Waals surface area contributed by atoms with Crippen molar-refractivity contribution in [1.82, 2.24) is 15.6 Å². The number of benzene rings is 1. The third-order valence-corrected chi connectivity index (χ3v) is 6.45. The molecule has 3 heterocycles. The third-order valence-electron chi connectivity index (χ3n) is 5.89. The monoisotopic (exact) mass is 427 g/mol. The third kappa shape index (κ3) is 4.17. The van der Waals surface area contributed by atoms with Crippen LogP contribution in [0, 0.1) is 11.8 Å². The van der Waals surface area contributed by atoms with Gasteiger partial charge in [0.2, 0.25) is 5.17 Å². The average molecular weight is 428 g/mol. The van der Waals surface area contributed by atoms with E-state index in [9.17, 15) is 4.79 Å². The van der Waals surface area contributed by atoms with E-state index >= 15 is 0 Å². The van der Waals surface area contributed by atoms with E-state index in [2.05, 4.69) is 60.9 Å². The molecule has 2 N–H and O–H groups in total. The summed E-state index contributed by atoms with van der Waals surface area (Å²) in [5.74, 6) is 1.32. The van der Waals surface area contributed by atoms with Crippen LogP contribution in [0.3, 0.4) is 0 Å². The van der Waals surface area contributed by atoms with Gasteiger partial charge in [-0.15, -0.1) is 4.99 Å². The van der Waals surface area contributed by atoms with Crippen molar-refractivity contribution < 1.29 is 9.39 Å². The lowest BCUT2D eigenvalue weighted by atomic mass is 9.86. The first kappa shape index (κ1) is 21.1. The van der Waals surface area contributed by atoms with Gasteiger partial charge in [0.05, 0.1) is 0 Å². The summed E-state index contributed by atoms with van der Waals surface area (Å²) >= 11 is 1.59. The number of thioether (sulfide) groups is 1. The number of rotatable bonds is 6. The molecule has 3 aliphatic heterocycles. The second-order valence-electron chi connectivity index (χ2n) is 8.79. The minimum Gasteiger partial charge on any atom is -0.350 e. The van der Waals surface area contributed by atoms with Crippen molar-refractivity contribution in [1.29, 1.82) is 0 Å². The van der Waals surface area contributed by atoms with Gasteiger partial charge in [-0.25, -0.2) is 5.43 Å². The van der Waals surface area contributed by atoms with Crippen molar-refractivity contribution in [2.24, 2.45) is 21.8 Å². The molecule has 0 fully saturated rings. The molecule has 1 aromatic carbocycles. The first-order chi connectivity index (χ1) is 14.4. The van der Waals surface area contributed by atoms with Crippen LogP contribution >= 0.6 is 11.8 Å². The van der Waals surface area contributed by atoms with Crippen LogP contribution in [0.4, 0.5) is 0 Å². The molecule has 4 rings (SSSR count). The molecule has 0 saturated carbocycles. The number of fused-ring (bicyclic) bond motifs is 1. The highest BCUT2D eigenvalue weighted by atomic mass is 32.2. The van der Waals surface area contributed by atoms with Crippen LogP contribution in [0.25, 0.3) is 0 Å². The fraction of sp³-hybridized carbons (Fsp3) is 0.500. The number of hydrogen-bond acceptors (Lipinski definition) is 6. The number of guanidine groups is 1. The molecule has 0 aromatic heterocycles. The maximum absolute atomic E-state index is 12.7. The Bertz CT molecular complexity index is 909. The molecule has 7 nitrogen and oxygen atoms in total. The Morgan fingerprint density at radius 1 is 1.27 bits per heavy atom. The van der Waals surface area contributed by atoms with Gasteiger partial charge in [-0.05, 0) is 32.3 Å². The zero-order valence-electron chi connectivity index (χ0n) is 18.2. The van der Waals surface area contributed by atoms with E-state index < -0.39 is 0 Å². The predicted octanol–water partition coefficient (Wildman–Crippen LogP) is 1.85. The summed E-state index contributed by atoms with van der Waals surface area (Å²) in [6, 6.07) is 10.5. The quantitative estimate of drug-likeness (QED) is 0.680. The van der Waals surface area contributed by atoms with Gasteiger partial charge in [-0.2, -0.15) is 9.58 Å². The van der Waals surface area contributed by atoms with Crippen LogP contribution in [-0.4, -0.2) is 73.1 Å². The van der Waals surface area contributed by atoms with Gasteiger partial charge in [0.1, 0.15) is 18.8 Å². The number of nitrogens with zero attached hydrogens (tertiary/aromatic N) is 4. The second kappa shape index (κ2) is 8.53. The van der Waals surface area contributed by atoms with Crippen molar-refractivity contribution in [2.45, 2.75) is 13.3 Å². The van der Waals surface area contributed by atoms with Crippen molar-refractivity contribution in [2.75, 3.05) is 46.5 Å². The number of quaternary nitrogens is 1. The minimum absolute atomic E-state index is 0.0752. The van der Waals surface area contributed by atoms with E-state index in [-0.39, 0.29) is 11.8 Å². The fourth-order valence-electron chi connectivity index (χ4n) is 4.75. The van der Waals surface area contributed by atoms with Crippen LogP contribution in [0.1, 0.15) is 12.5 Å². The lowest BCUT2D eigenvalue weighted by Crippen LogP contribution is -2.64. The van der Waals surface area contributed by atoms with Gasteiger partial charge < -0.3 is 10.2 Å². The molecule has 160 valence electrons. The summed E-state index contributed by atoms with van der Waals surface area (Å²) in [6.45, 7) is 5.51. The Morgan fingerprint density at radius 3 is 2.73 bits per heavy atom. The zero-order chi connectivity index (χ0) is 21.3. The largest absolute Gasteiger partial charge is 0.357 e. The summed E-state index contributed by atoms with van der Waals surface area (Å²) < 4.78 is 0.503. The first-order valence-electron chi connectivity index (χ1n) is 10.5. The molecular weight excluding hydrogens is 396 g/mol. The molecule has 0 bridgehead atoms. The molecule has 0 spiro atoms. The van der Waals surface area contributed by atoms with Crippen LogP contribution < -0.4 is 10.7 Å². The van der Waals surface area contributed by atoms with Crippen LogP contribution in [0.15, 0.2) is 51.6 Å². The Balaban J connectivity index is 1.67. The predicted molar refractivity (Wildman–Crippen MR) is 123 cm³/mol. The Labute approximate surface area is 182 Å². The van der Waals surface area contributed by atoms with Crippen molar-refractivity contribution >= 4 is 28.8 Å². The summed E-state index contributed by atoms with van der Waals surface area (Å²) in [7, 11) is 4.20. The molecule has 1 amide bonds. The molecule has 30 heavy (non-hydrogen) atoms. The van der Waals surface area contributed by atoms with Gasteiger partial charge in [-0.1, -0.05) is 49.0 Å². The number of nitrogens with one attached hydrogen (secondary N) is 2. The molecule has 0 aliphatic carbocycles. The second-order valence-corrected chi connectivity index (χ2v) is 9.59. The SMILES string of the molecule is CSC1=NC2=NC3=C(C[N+]2(CC(C)CN(C)C)N1)C(Cc1ccccc1)CNC3=O. The van der Waals surface area contributed by atoms with Crippen molar-refractivity contribution in [3.05, 3.63) is 47.2 Å². The topological polar surface area (TPSA) is 69.1 Å². The molecule has 3 atom stereocenters. The van der Waals surface area contributed by atoms with E-state index in [1.807, 2.05) is 12.3 Å². The molecule has 0 saturated heterocycles. The number of aliphatic imine (C=N–C) groups is 2. The van der Waals surface area contributed by atoms with Gasteiger partial charge >= 0.3 is 5.96 Å². The molecular formula is C22H31N6OS+. The average Bonchev–Trinajstić information content (AvgIpc) is 3.06. The van der Waals surface area contributed by atoms with Crippen LogP contribution in [0.2, 0.25) is 0 Å².